The van der Waals surface area contributed by atoms with E-state index < -0.39 is 4.92 Å². The van der Waals surface area contributed by atoms with Gasteiger partial charge in [-0.15, -0.1) is 5.10 Å². The number of hydrogen-bond donors (Lipinski definition) is 0. The van der Waals surface area contributed by atoms with Crippen LogP contribution >= 0.6 is 0 Å². The van der Waals surface area contributed by atoms with E-state index in [1.165, 1.54) is 12.1 Å². The number of nitro benzene ring substituents is 1. The molecule has 106 valence electrons. The van der Waals surface area contributed by atoms with Crippen LogP contribution in [0.25, 0.3) is 0 Å². The Morgan fingerprint density at radius 3 is 2.62 bits per heavy atom. The van der Waals surface area contributed by atoms with Gasteiger partial charge in [0.15, 0.2) is 0 Å². The van der Waals surface area contributed by atoms with Crippen LogP contribution in [0.5, 0.6) is 11.6 Å². The molecule has 0 N–H and O–H groups in total. The lowest BCUT2D eigenvalue weighted by Gasteiger charge is -2.09. The van der Waals surface area contributed by atoms with E-state index in [0.29, 0.717) is 11.3 Å². The van der Waals surface area contributed by atoms with Crippen LogP contribution in [0.15, 0.2) is 18.2 Å². The van der Waals surface area contributed by atoms with E-state index in [9.17, 15) is 15.4 Å². The van der Waals surface area contributed by atoms with E-state index >= 15 is 0 Å². The summed E-state index contributed by atoms with van der Waals surface area (Å²) in [6.07, 6.45) is 0. The standard InChI is InChI=1S/C14H12N4O3/c1-8-4-5-12(18(19)20)13(6-8)21-14-11(7-15)9(2)10(3)16-17-14/h4-6H,1-3H3. The van der Waals surface area contributed by atoms with Gasteiger partial charge in [0.2, 0.25) is 5.75 Å². The molecule has 0 saturated carbocycles. The molecule has 2 rings (SSSR count). The van der Waals surface area contributed by atoms with Gasteiger partial charge in [-0.05, 0) is 38.0 Å². The Balaban J connectivity index is 2.53. The number of aryl methyl sites for hydroxylation is 2. The number of hydrogen-bond acceptors (Lipinski definition) is 6. The van der Waals surface area contributed by atoms with Gasteiger partial charge in [-0.1, -0.05) is 6.07 Å². The van der Waals surface area contributed by atoms with E-state index in [4.69, 9.17) is 4.74 Å². The highest BCUT2D eigenvalue weighted by molar-refractivity contribution is 5.52. The molecule has 0 fully saturated rings. The Morgan fingerprint density at radius 1 is 1.29 bits per heavy atom. The minimum Gasteiger partial charge on any atom is -0.429 e. The number of ether oxygens (including phenoxy) is 1. The maximum absolute atomic E-state index is 11.0. The fourth-order valence-electron chi connectivity index (χ4n) is 1.75. The monoisotopic (exact) mass is 284 g/mol. The molecule has 0 spiro atoms. The van der Waals surface area contributed by atoms with Gasteiger partial charge in [-0.3, -0.25) is 10.1 Å². The molecule has 0 amide bonds. The van der Waals surface area contributed by atoms with E-state index in [0.717, 1.165) is 5.56 Å². The molecule has 1 aromatic heterocycles. The number of nitrogens with zero attached hydrogens (tertiary/aromatic N) is 4. The van der Waals surface area contributed by atoms with E-state index in [1.54, 1.807) is 26.8 Å². The summed E-state index contributed by atoms with van der Waals surface area (Å²) in [6, 6.07) is 6.48. The largest absolute Gasteiger partial charge is 0.429 e. The third-order valence-corrected chi connectivity index (χ3v) is 3.05. The normalized spacial score (nSPS) is 10.0. The predicted molar refractivity (Wildman–Crippen MR) is 74.1 cm³/mol. The molecule has 1 aromatic carbocycles. The Morgan fingerprint density at radius 2 is 2.00 bits per heavy atom. The second-order valence-corrected chi connectivity index (χ2v) is 4.53. The lowest BCUT2D eigenvalue weighted by atomic mass is 10.1. The van der Waals surface area contributed by atoms with Crippen LogP contribution in [0.2, 0.25) is 0 Å². The molecule has 0 bridgehead atoms. The summed E-state index contributed by atoms with van der Waals surface area (Å²) in [5, 5.41) is 27.9. The third-order valence-electron chi connectivity index (χ3n) is 3.05. The van der Waals surface area contributed by atoms with Crippen molar-refractivity contribution in [3.8, 4) is 17.7 Å². The predicted octanol–water partition coefficient (Wildman–Crippen LogP) is 2.97. The Hall–Kier alpha value is -3.01. The smallest absolute Gasteiger partial charge is 0.311 e. The Kier molecular flexibility index (Phi) is 3.80. The summed E-state index contributed by atoms with van der Waals surface area (Å²) in [7, 11) is 0. The van der Waals surface area contributed by atoms with Gasteiger partial charge in [-0.25, -0.2) is 0 Å². The first-order valence-electron chi connectivity index (χ1n) is 6.11. The van der Waals surface area contributed by atoms with Crippen molar-refractivity contribution in [3.63, 3.8) is 0 Å². The van der Waals surface area contributed by atoms with Crippen molar-refractivity contribution < 1.29 is 9.66 Å². The third kappa shape index (κ3) is 2.79. The van der Waals surface area contributed by atoms with E-state index in [1.807, 2.05) is 6.07 Å². The molecule has 1 heterocycles. The number of rotatable bonds is 3. The minimum atomic E-state index is -0.546. The molecule has 0 saturated heterocycles. The first kappa shape index (κ1) is 14.4. The number of nitriles is 1. The van der Waals surface area contributed by atoms with Crippen molar-refractivity contribution in [2.24, 2.45) is 0 Å². The molecule has 7 nitrogen and oxygen atoms in total. The summed E-state index contributed by atoms with van der Waals surface area (Å²) >= 11 is 0. The summed E-state index contributed by atoms with van der Waals surface area (Å²) in [4.78, 5) is 10.5. The van der Waals surface area contributed by atoms with Crippen LogP contribution in [0.3, 0.4) is 0 Å². The highest BCUT2D eigenvalue weighted by atomic mass is 16.6. The summed E-state index contributed by atoms with van der Waals surface area (Å²) in [5.41, 5.74) is 2.07. The highest BCUT2D eigenvalue weighted by Gasteiger charge is 2.19. The van der Waals surface area contributed by atoms with Gasteiger partial charge in [0.05, 0.1) is 10.6 Å². The summed E-state index contributed by atoms with van der Waals surface area (Å²) < 4.78 is 5.47. The molecule has 0 unspecified atom stereocenters. The first-order valence-corrected chi connectivity index (χ1v) is 6.11. The first-order chi connectivity index (χ1) is 9.93. The zero-order valence-corrected chi connectivity index (χ0v) is 11.7. The maximum atomic E-state index is 11.0. The molecule has 2 aromatic rings. The zero-order chi connectivity index (χ0) is 15.6. The number of aromatic nitrogens is 2. The van der Waals surface area contributed by atoms with Crippen LogP contribution in [-0.2, 0) is 0 Å². The van der Waals surface area contributed by atoms with E-state index in [2.05, 4.69) is 10.2 Å². The maximum Gasteiger partial charge on any atom is 0.311 e. The van der Waals surface area contributed by atoms with Crippen molar-refractivity contribution in [3.05, 3.63) is 50.7 Å². The second kappa shape index (κ2) is 5.54. The number of benzene rings is 1. The zero-order valence-electron chi connectivity index (χ0n) is 11.7. The minimum absolute atomic E-state index is 0.0331. The molecular weight excluding hydrogens is 272 g/mol. The topological polar surface area (TPSA) is 102 Å². The fourth-order valence-corrected chi connectivity index (χ4v) is 1.75. The fraction of sp³-hybridized carbons (Fsp3) is 0.214. The molecule has 0 aliphatic carbocycles. The number of nitro groups is 1. The molecule has 0 radical (unpaired) electrons. The summed E-state index contributed by atoms with van der Waals surface area (Å²) in [5.74, 6) is 0.00310. The lowest BCUT2D eigenvalue weighted by molar-refractivity contribution is -0.385. The van der Waals surface area contributed by atoms with Gasteiger partial charge in [0.25, 0.3) is 5.88 Å². The molecule has 0 aliphatic rings. The molecular formula is C14H12N4O3. The average Bonchev–Trinajstić information content (AvgIpc) is 2.43. The molecule has 21 heavy (non-hydrogen) atoms. The van der Waals surface area contributed by atoms with Crippen LogP contribution in [0.1, 0.15) is 22.4 Å². The highest BCUT2D eigenvalue weighted by Crippen LogP contribution is 2.33. The van der Waals surface area contributed by atoms with Gasteiger partial charge in [-0.2, -0.15) is 10.4 Å². The summed E-state index contributed by atoms with van der Waals surface area (Å²) in [6.45, 7) is 5.23. The van der Waals surface area contributed by atoms with Gasteiger partial charge in [0.1, 0.15) is 11.6 Å². The lowest BCUT2D eigenvalue weighted by Crippen LogP contribution is -2.02. The van der Waals surface area contributed by atoms with Gasteiger partial charge >= 0.3 is 5.69 Å². The van der Waals surface area contributed by atoms with Crippen LogP contribution in [0, 0.1) is 42.2 Å². The molecule has 0 aliphatic heterocycles. The quantitative estimate of drug-likeness (QED) is 0.634. The van der Waals surface area contributed by atoms with Crippen molar-refractivity contribution in [1.29, 1.82) is 5.26 Å². The van der Waals surface area contributed by atoms with Crippen LogP contribution in [-0.4, -0.2) is 15.1 Å². The van der Waals surface area contributed by atoms with Crippen molar-refractivity contribution in [1.82, 2.24) is 10.2 Å². The Labute approximate surface area is 121 Å². The Bertz CT molecular complexity index is 766. The SMILES string of the molecule is Cc1ccc([N+](=O)[O-])c(Oc2nnc(C)c(C)c2C#N)c1. The van der Waals surface area contributed by atoms with E-state index in [-0.39, 0.29) is 22.9 Å². The second-order valence-electron chi connectivity index (χ2n) is 4.53. The van der Waals surface area contributed by atoms with Gasteiger partial charge < -0.3 is 4.74 Å². The van der Waals surface area contributed by atoms with Crippen molar-refractivity contribution in [2.45, 2.75) is 20.8 Å². The van der Waals surface area contributed by atoms with Gasteiger partial charge in [0, 0.05) is 6.07 Å². The van der Waals surface area contributed by atoms with Crippen molar-refractivity contribution >= 4 is 5.69 Å². The molecule has 7 heteroatoms. The average molecular weight is 284 g/mol. The van der Waals surface area contributed by atoms with Crippen molar-refractivity contribution in [2.75, 3.05) is 0 Å². The van der Waals surface area contributed by atoms with Crippen LogP contribution in [0.4, 0.5) is 5.69 Å². The molecule has 0 atom stereocenters. The van der Waals surface area contributed by atoms with Crippen LogP contribution < -0.4 is 4.74 Å².